The first-order valence-corrected chi connectivity index (χ1v) is 8.50. The lowest BCUT2D eigenvalue weighted by atomic mass is 10.1. The van der Waals surface area contributed by atoms with Gasteiger partial charge in [-0.2, -0.15) is 0 Å². The minimum absolute atomic E-state index is 0.449. The van der Waals surface area contributed by atoms with Gasteiger partial charge in [-0.15, -0.1) is 0 Å². The average molecular weight is 360 g/mol. The van der Waals surface area contributed by atoms with E-state index in [0.29, 0.717) is 18.1 Å². The highest BCUT2D eigenvalue weighted by Gasteiger charge is 2.13. The number of nitrogens with one attached hydrogen (secondary N) is 1. The van der Waals surface area contributed by atoms with Crippen LogP contribution in [0.5, 0.6) is 5.75 Å². The van der Waals surface area contributed by atoms with Crippen LogP contribution >= 0.6 is 0 Å². The van der Waals surface area contributed by atoms with E-state index < -0.39 is 0 Å². The number of aromatic nitrogens is 3. The summed E-state index contributed by atoms with van der Waals surface area (Å²) in [5, 5.41) is 2.57. The molecular weight excluding hydrogens is 340 g/mol. The Morgan fingerprint density at radius 2 is 2.04 bits per heavy atom. The summed E-state index contributed by atoms with van der Waals surface area (Å²) in [7, 11) is 1.64. The molecule has 0 aliphatic heterocycles. The highest BCUT2D eigenvalue weighted by molar-refractivity contribution is 5.80. The van der Waals surface area contributed by atoms with Crippen molar-refractivity contribution >= 4 is 22.5 Å². The summed E-state index contributed by atoms with van der Waals surface area (Å²) in [5.41, 5.74) is 10.2. The molecule has 7 heteroatoms. The van der Waals surface area contributed by atoms with Gasteiger partial charge in [0.15, 0.2) is 5.82 Å². The van der Waals surface area contributed by atoms with E-state index >= 15 is 0 Å². The van der Waals surface area contributed by atoms with Crippen LogP contribution in [0.25, 0.3) is 22.3 Å². The van der Waals surface area contributed by atoms with Crippen molar-refractivity contribution in [3.63, 3.8) is 0 Å². The summed E-state index contributed by atoms with van der Waals surface area (Å²) >= 11 is 0. The number of nitrogens with two attached hydrogens (primary N) is 2. The van der Waals surface area contributed by atoms with Crippen molar-refractivity contribution in [2.24, 2.45) is 5.84 Å². The van der Waals surface area contributed by atoms with Crippen LogP contribution in [0.15, 0.2) is 60.9 Å². The molecule has 4 rings (SSSR count). The minimum Gasteiger partial charge on any atom is -0.497 e. The van der Waals surface area contributed by atoms with Crippen molar-refractivity contribution in [3.05, 3.63) is 66.5 Å². The molecule has 4 aromatic rings. The maximum absolute atomic E-state index is 6.31. The van der Waals surface area contributed by atoms with Crippen molar-refractivity contribution in [3.8, 4) is 17.0 Å². The average Bonchev–Trinajstić information content (AvgIpc) is 3.11. The predicted octanol–water partition coefficient (Wildman–Crippen LogP) is 3.10. The van der Waals surface area contributed by atoms with Gasteiger partial charge in [0.2, 0.25) is 0 Å². The van der Waals surface area contributed by atoms with E-state index in [4.69, 9.17) is 16.3 Å². The molecule has 136 valence electrons. The van der Waals surface area contributed by atoms with Gasteiger partial charge in [0, 0.05) is 28.9 Å². The second-order valence-electron chi connectivity index (χ2n) is 6.18. The third-order valence-electron chi connectivity index (χ3n) is 4.42. The zero-order valence-corrected chi connectivity index (χ0v) is 14.9. The maximum Gasteiger partial charge on any atom is 0.166 e. The summed E-state index contributed by atoms with van der Waals surface area (Å²) in [6.45, 7) is 0.449. The fourth-order valence-corrected chi connectivity index (χ4v) is 3.03. The van der Waals surface area contributed by atoms with Crippen molar-refractivity contribution < 1.29 is 4.74 Å². The lowest BCUT2D eigenvalue weighted by molar-refractivity contribution is 0.415. The molecule has 27 heavy (non-hydrogen) atoms. The molecule has 0 atom stereocenters. The smallest absolute Gasteiger partial charge is 0.166 e. The Hall–Kier alpha value is -3.58. The Bertz CT molecular complexity index is 1090. The number of rotatable bonds is 5. The monoisotopic (exact) mass is 360 g/mol. The lowest BCUT2D eigenvalue weighted by Gasteiger charge is -2.20. The van der Waals surface area contributed by atoms with Gasteiger partial charge in [0.1, 0.15) is 11.4 Å². The van der Waals surface area contributed by atoms with E-state index in [1.54, 1.807) is 18.3 Å². The van der Waals surface area contributed by atoms with Gasteiger partial charge in [-0.3, -0.25) is 5.01 Å². The molecule has 0 saturated carbocycles. The number of hydrogen-bond acceptors (Lipinski definition) is 6. The zero-order valence-electron chi connectivity index (χ0n) is 14.9. The number of hydrogen-bond donors (Lipinski definition) is 3. The number of anilines is 2. The fraction of sp³-hybridized carbons (Fsp3) is 0.100. The fourth-order valence-electron chi connectivity index (χ4n) is 3.03. The summed E-state index contributed by atoms with van der Waals surface area (Å²) < 4.78 is 5.29. The predicted molar refractivity (Wildman–Crippen MR) is 107 cm³/mol. The summed E-state index contributed by atoms with van der Waals surface area (Å²) in [4.78, 5) is 12.1. The normalized spacial score (nSPS) is 10.9. The molecule has 7 nitrogen and oxygen atoms in total. The van der Waals surface area contributed by atoms with Gasteiger partial charge in [-0.1, -0.05) is 12.1 Å². The summed E-state index contributed by atoms with van der Waals surface area (Å²) in [6, 6.07) is 15.3. The Balaban J connectivity index is 1.66. The third-order valence-corrected chi connectivity index (χ3v) is 4.42. The van der Waals surface area contributed by atoms with Gasteiger partial charge in [0.05, 0.1) is 25.0 Å². The number of methoxy groups -OCH3 is 1. The molecule has 5 N–H and O–H groups in total. The largest absolute Gasteiger partial charge is 0.497 e. The number of ether oxygens (including phenoxy) is 1. The van der Waals surface area contributed by atoms with Crippen molar-refractivity contribution in [1.29, 1.82) is 0 Å². The second kappa shape index (κ2) is 6.97. The number of nitrogens with zero attached hydrogens (tertiary/aromatic N) is 3. The van der Waals surface area contributed by atoms with Crippen LogP contribution in [-0.4, -0.2) is 22.1 Å². The second-order valence-corrected chi connectivity index (χ2v) is 6.18. The van der Waals surface area contributed by atoms with E-state index in [1.807, 2.05) is 54.7 Å². The first-order chi connectivity index (χ1) is 13.2. The van der Waals surface area contributed by atoms with Crippen LogP contribution in [0.1, 0.15) is 5.56 Å². The molecule has 1 aromatic carbocycles. The van der Waals surface area contributed by atoms with Crippen LogP contribution in [0, 0.1) is 0 Å². The van der Waals surface area contributed by atoms with Gasteiger partial charge < -0.3 is 15.5 Å². The summed E-state index contributed by atoms with van der Waals surface area (Å²) in [6.07, 6.45) is 3.65. The lowest BCUT2D eigenvalue weighted by Crippen LogP contribution is -2.31. The standard InChI is InChI=1S/C20H20N6O/c1-27-15-5-2-4-13(10-15)18-8-7-17(21)20(25-18)26(22)12-14-11-24-19-16(14)6-3-9-23-19/h2-11H,12,21-22H2,1H3,(H,23,24). The first kappa shape index (κ1) is 16.9. The van der Waals surface area contributed by atoms with Crippen molar-refractivity contribution in [2.45, 2.75) is 6.54 Å². The topological polar surface area (TPSA) is 106 Å². The van der Waals surface area contributed by atoms with Crippen LogP contribution in [0.3, 0.4) is 0 Å². The number of aromatic amines is 1. The number of H-pyrrole nitrogens is 1. The summed E-state index contributed by atoms with van der Waals surface area (Å²) in [5.74, 6) is 7.60. The Kier molecular flexibility index (Phi) is 4.35. The number of fused-ring (bicyclic) bond motifs is 1. The highest BCUT2D eigenvalue weighted by atomic mass is 16.5. The van der Waals surface area contributed by atoms with Crippen LogP contribution in [-0.2, 0) is 6.54 Å². The minimum atomic E-state index is 0.449. The van der Waals surface area contributed by atoms with Crippen LogP contribution in [0.4, 0.5) is 11.5 Å². The molecule has 0 fully saturated rings. The molecule has 0 amide bonds. The number of hydrazine groups is 1. The zero-order chi connectivity index (χ0) is 18.8. The number of nitrogen functional groups attached to an aromatic ring is 1. The quantitative estimate of drug-likeness (QED) is 0.373. The molecule has 0 radical (unpaired) electrons. The van der Waals surface area contributed by atoms with Crippen LogP contribution in [0.2, 0.25) is 0 Å². The van der Waals surface area contributed by atoms with Gasteiger partial charge in [0.25, 0.3) is 0 Å². The van der Waals surface area contributed by atoms with E-state index in [9.17, 15) is 0 Å². The van der Waals surface area contributed by atoms with E-state index in [2.05, 4.69) is 15.0 Å². The molecule has 0 unspecified atom stereocenters. The highest BCUT2D eigenvalue weighted by Crippen LogP contribution is 2.28. The van der Waals surface area contributed by atoms with E-state index in [0.717, 1.165) is 33.6 Å². The van der Waals surface area contributed by atoms with E-state index in [1.165, 1.54) is 0 Å². The molecular formula is C20H20N6O. The molecule has 0 aliphatic rings. The Labute approximate surface area is 156 Å². The Morgan fingerprint density at radius 1 is 1.15 bits per heavy atom. The third kappa shape index (κ3) is 3.28. The first-order valence-electron chi connectivity index (χ1n) is 8.50. The van der Waals surface area contributed by atoms with Crippen molar-refractivity contribution in [1.82, 2.24) is 15.0 Å². The number of benzene rings is 1. The molecule has 0 saturated heterocycles. The van der Waals surface area contributed by atoms with E-state index in [-0.39, 0.29) is 0 Å². The Morgan fingerprint density at radius 3 is 2.89 bits per heavy atom. The molecule has 0 bridgehead atoms. The van der Waals surface area contributed by atoms with Crippen molar-refractivity contribution in [2.75, 3.05) is 17.9 Å². The molecule has 0 aliphatic carbocycles. The number of pyridine rings is 2. The van der Waals surface area contributed by atoms with Gasteiger partial charge in [-0.25, -0.2) is 15.8 Å². The molecule has 0 spiro atoms. The van der Waals surface area contributed by atoms with Gasteiger partial charge in [-0.05, 0) is 36.4 Å². The molecule has 3 heterocycles. The molecule has 3 aromatic heterocycles. The van der Waals surface area contributed by atoms with Gasteiger partial charge >= 0.3 is 0 Å². The van der Waals surface area contributed by atoms with Crippen LogP contribution < -0.4 is 21.3 Å². The maximum atomic E-state index is 6.31. The SMILES string of the molecule is COc1cccc(-c2ccc(N)c(N(N)Cc3c[nH]c4ncccc34)n2)c1.